The van der Waals surface area contributed by atoms with Crippen LogP contribution in [-0.4, -0.2) is 36.4 Å². The second-order valence-electron chi connectivity index (χ2n) is 7.94. The molecule has 0 radical (unpaired) electrons. The molecular weight excluding hydrogens is 500 g/mol. The molecule has 2 amide bonds. The standard InChI is InChI=1S/C22H22ClF2N7O2S/c1-5-31-7-13(9(2)29-31)12-6-15(19(24)25)27-22-16(12)17(18(35-22)20(26)33)28-21(34)11(4)32-8-14(23)10(3)30-32/h6-8,11,19H,5H2,1-4H3,(H2,26,33)(H,28,34). The van der Waals surface area contributed by atoms with E-state index in [-0.39, 0.29) is 15.4 Å². The molecule has 1 unspecified atom stereocenters. The number of hydrogen-bond acceptors (Lipinski definition) is 6. The molecule has 0 fully saturated rings. The number of nitrogens with one attached hydrogen (secondary N) is 1. The first-order chi connectivity index (χ1) is 16.5. The van der Waals surface area contributed by atoms with Gasteiger partial charge in [0.1, 0.15) is 21.4 Å². The number of nitrogens with two attached hydrogens (primary N) is 1. The number of halogens is 3. The second kappa shape index (κ2) is 9.34. The minimum absolute atomic E-state index is 0.00377. The van der Waals surface area contributed by atoms with Gasteiger partial charge in [-0.3, -0.25) is 19.0 Å². The van der Waals surface area contributed by atoms with Gasteiger partial charge in [0.2, 0.25) is 5.91 Å². The number of aromatic nitrogens is 5. The van der Waals surface area contributed by atoms with Crippen LogP contribution in [0, 0.1) is 13.8 Å². The summed E-state index contributed by atoms with van der Waals surface area (Å²) >= 11 is 6.91. The Morgan fingerprint density at radius 2 is 1.91 bits per heavy atom. The maximum Gasteiger partial charge on any atom is 0.280 e. The van der Waals surface area contributed by atoms with Crippen LogP contribution in [0.3, 0.4) is 0 Å². The molecule has 0 aliphatic rings. The van der Waals surface area contributed by atoms with Crippen LogP contribution in [0.2, 0.25) is 5.02 Å². The van der Waals surface area contributed by atoms with Crippen molar-refractivity contribution in [1.82, 2.24) is 24.5 Å². The lowest BCUT2D eigenvalue weighted by Gasteiger charge is -2.14. The number of anilines is 1. The molecule has 9 nitrogen and oxygen atoms in total. The van der Waals surface area contributed by atoms with Gasteiger partial charge in [0.25, 0.3) is 12.3 Å². The third kappa shape index (κ3) is 4.50. The first-order valence-electron chi connectivity index (χ1n) is 10.6. The molecule has 0 saturated carbocycles. The molecular formula is C22H22ClF2N7O2S. The maximum atomic E-state index is 13.7. The average molecular weight is 522 g/mol. The Bertz CT molecular complexity index is 1440. The van der Waals surface area contributed by atoms with E-state index < -0.39 is 30.0 Å². The molecule has 0 spiro atoms. The highest BCUT2D eigenvalue weighted by atomic mass is 35.5. The topological polar surface area (TPSA) is 121 Å². The summed E-state index contributed by atoms with van der Waals surface area (Å²) in [7, 11) is 0. The molecule has 0 aliphatic heterocycles. The van der Waals surface area contributed by atoms with Gasteiger partial charge in [-0.1, -0.05) is 11.6 Å². The summed E-state index contributed by atoms with van der Waals surface area (Å²) in [5, 5.41) is 12.1. The van der Waals surface area contributed by atoms with Gasteiger partial charge in [0.05, 0.1) is 22.1 Å². The largest absolute Gasteiger partial charge is 0.365 e. The van der Waals surface area contributed by atoms with Crippen LogP contribution >= 0.6 is 22.9 Å². The van der Waals surface area contributed by atoms with E-state index in [1.54, 1.807) is 31.6 Å². The number of nitrogens with zero attached hydrogens (tertiary/aromatic N) is 5. The van der Waals surface area contributed by atoms with Crippen molar-refractivity contribution < 1.29 is 18.4 Å². The molecule has 13 heteroatoms. The molecule has 0 bridgehead atoms. The number of amides is 2. The average Bonchev–Trinajstić information content (AvgIpc) is 3.47. The van der Waals surface area contributed by atoms with Crippen molar-refractivity contribution in [2.24, 2.45) is 5.73 Å². The van der Waals surface area contributed by atoms with E-state index in [4.69, 9.17) is 17.3 Å². The molecule has 1 atom stereocenters. The fourth-order valence-electron chi connectivity index (χ4n) is 3.68. The van der Waals surface area contributed by atoms with Gasteiger partial charge < -0.3 is 11.1 Å². The minimum Gasteiger partial charge on any atom is -0.365 e. The van der Waals surface area contributed by atoms with Crippen molar-refractivity contribution >= 4 is 50.7 Å². The van der Waals surface area contributed by atoms with Gasteiger partial charge in [0.15, 0.2) is 0 Å². The predicted molar refractivity (Wildman–Crippen MR) is 130 cm³/mol. The fourth-order valence-corrected chi connectivity index (χ4v) is 4.84. The van der Waals surface area contributed by atoms with E-state index in [0.717, 1.165) is 11.3 Å². The smallest absolute Gasteiger partial charge is 0.280 e. The molecule has 3 N–H and O–H groups in total. The lowest BCUT2D eigenvalue weighted by atomic mass is 10.0. The first kappa shape index (κ1) is 24.7. The third-order valence-electron chi connectivity index (χ3n) is 5.57. The zero-order valence-electron chi connectivity index (χ0n) is 19.3. The van der Waals surface area contributed by atoms with Crippen LogP contribution in [0.1, 0.15) is 53.1 Å². The molecule has 4 rings (SSSR count). The van der Waals surface area contributed by atoms with Crippen LogP contribution in [-0.2, 0) is 11.3 Å². The van der Waals surface area contributed by atoms with E-state index >= 15 is 0 Å². The number of carbonyl (C=O) groups is 2. The van der Waals surface area contributed by atoms with Crippen molar-refractivity contribution in [3.8, 4) is 11.1 Å². The van der Waals surface area contributed by atoms with E-state index in [1.165, 1.54) is 16.9 Å². The van der Waals surface area contributed by atoms with Gasteiger partial charge in [-0.25, -0.2) is 13.8 Å². The molecule has 0 saturated heterocycles. The zero-order valence-corrected chi connectivity index (χ0v) is 20.8. The van der Waals surface area contributed by atoms with E-state index in [9.17, 15) is 18.4 Å². The normalized spacial score (nSPS) is 12.5. The molecule has 4 aromatic rings. The maximum absolute atomic E-state index is 13.7. The molecule has 35 heavy (non-hydrogen) atoms. The molecule has 184 valence electrons. The summed E-state index contributed by atoms with van der Waals surface area (Å²) in [5.41, 5.74) is 7.35. The lowest BCUT2D eigenvalue weighted by molar-refractivity contribution is -0.119. The number of fused-ring (bicyclic) bond motifs is 1. The summed E-state index contributed by atoms with van der Waals surface area (Å²) in [6, 6.07) is 0.461. The van der Waals surface area contributed by atoms with Crippen LogP contribution in [0.5, 0.6) is 0 Å². The number of aryl methyl sites for hydroxylation is 3. The van der Waals surface area contributed by atoms with Gasteiger partial charge in [0, 0.05) is 29.9 Å². The van der Waals surface area contributed by atoms with Crippen LogP contribution in [0.4, 0.5) is 14.5 Å². The Hall–Kier alpha value is -3.38. The Morgan fingerprint density at radius 1 is 1.20 bits per heavy atom. The van der Waals surface area contributed by atoms with Crippen molar-refractivity contribution in [2.45, 2.75) is 46.7 Å². The number of pyridine rings is 1. The van der Waals surface area contributed by atoms with Crippen molar-refractivity contribution in [3.63, 3.8) is 0 Å². The molecule has 0 aliphatic carbocycles. The monoisotopic (exact) mass is 521 g/mol. The van der Waals surface area contributed by atoms with E-state index in [2.05, 4.69) is 20.5 Å². The van der Waals surface area contributed by atoms with E-state index in [0.29, 0.717) is 39.5 Å². The Morgan fingerprint density at radius 3 is 2.46 bits per heavy atom. The van der Waals surface area contributed by atoms with Crippen LogP contribution < -0.4 is 11.1 Å². The van der Waals surface area contributed by atoms with Crippen LogP contribution in [0.15, 0.2) is 18.5 Å². The fraction of sp³-hybridized carbons (Fsp3) is 0.318. The van der Waals surface area contributed by atoms with Crippen molar-refractivity contribution in [3.05, 3.63) is 45.4 Å². The van der Waals surface area contributed by atoms with Gasteiger partial charge in [-0.2, -0.15) is 10.2 Å². The highest BCUT2D eigenvalue weighted by Gasteiger charge is 2.27. The predicted octanol–water partition coefficient (Wildman–Crippen LogP) is 4.88. The van der Waals surface area contributed by atoms with Gasteiger partial charge in [-0.05, 0) is 39.3 Å². The summed E-state index contributed by atoms with van der Waals surface area (Å²) in [6.07, 6.45) is 0.403. The highest BCUT2D eigenvalue weighted by molar-refractivity contribution is 7.21. The lowest BCUT2D eigenvalue weighted by Crippen LogP contribution is -2.25. The number of thiophene rings is 1. The quantitative estimate of drug-likeness (QED) is 0.359. The second-order valence-corrected chi connectivity index (χ2v) is 9.34. The number of rotatable bonds is 7. The first-order valence-corrected chi connectivity index (χ1v) is 11.8. The Balaban J connectivity index is 1.91. The minimum atomic E-state index is -2.84. The molecule has 4 aromatic heterocycles. The van der Waals surface area contributed by atoms with Gasteiger partial charge in [-0.15, -0.1) is 11.3 Å². The number of carbonyl (C=O) groups excluding carboxylic acids is 2. The summed E-state index contributed by atoms with van der Waals surface area (Å²) < 4.78 is 30.5. The Kier molecular flexibility index (Phi) is 6.60. The highest BCUT2D eigenvalue weighted by Crippen LogP contribution is 2.43. The zero-order chi connectivity index (χ0) is 25.6. The van der Waals surface area contributed by atoms with E-state index in [1.807, 2.05) is 6.92 Å². The Labute approximate surface area is 207 Å². The number of primary amides is 1. The summed E-state index contributed by atoms with van der Waals surface area (Å²) in [6.45, 7) is 7.54. The van der Waals surface area contributed by atoms with Crippen LogP contribution in [0.25, 0.3) is 21.3 Å². The van der Waals surface area contributed by atoms with Gasteiger partial charge >= 0.3 is 0 Å². The van der Waals surface area contributed by atoms with Crippen molar-refractivity contribution in [2.75, 3.05) is 5.32 Å². The molecule has 4 heterocycles. The number of alkyl halides is 2. The van der Waals surface area contributed by atoms with Crippen molar-refractivity contribution in [1.29, 1.82) is 0 Å². The molecule has 0 aromatic carbocycles. The summed E-state index contributed by atoms with van der Waals surface area (Å²) in [4.78, 5) is 29.7. The third-order valence-corrected chi connectivity index (χ3v) is 7.04. The SMILES string of the molecule is CCn1cc(-c2cc(C(F)F)nc3sc(C(N)=O)c(NC(=O)C(C)n4cc(Cl)c(C)n4)c23)c(C)n1. The summed E-state index contributed by atoms with van der Waals surface area (Å²) in [5.74, 6) is -1.32. The number of hydrogen-bond donors (Lipinski definition) is 2.